The van der Waals surface area contributed by atoms with Crippen molar-refractivity contribution in [3.05, 3.63) is 53.2 Å². The molecular formula is C18H19FN2O4. The summed E-state index contributed by atoms with van der Waals surface area (Å²) in [6.45, 7) is 6.74. The van der Waals surface area contributed by atoms with Gasteiger partial charge in [-0.3, -0.25) is 14.4 Å². The van der Waals surface area contributed by atoms with Crippen molar-refractivity contribution in [3.63, 3.8) is 0 Å². The molecule has 0 saturated heterocycles. The molecule has 0 saturated carbocycles. The Kier molecular flexibility index (Phi) is 5.06. The van der Waals surface area contributed by atoms with Crippen LogP contribution in [-0.2, 0) is 4.79 Å². The van der Waals surface area contributed by atoms with E-state index in [9.17, 15) is 18.8 Å². The van der Waals surface area contributed by atoms with Crippen LogP contribution < -0.4 is 10.6 Å². The Morgan fingerprint density at radius 1 is 1.08 bits per heavy atom. The van der Waals surface area contributed by atoms with Gasteiger partial charge in [0.2, 0.25) is 0 Å². The van der Waals surface area contributed by atoms with Crippen LogP contribution in [0, 0.1) is 12.7 Å². The molecule has 1 aromatic carbocycles. The molecule has 0 bridgehead atoms. The number of hydrogen-bond donors (Lipinski definition) is 2. The fourth-order valence-electron chi connectivity index (χ4n) is 2.06. The molecule has 0 aliphatic rings. The van der Waals surface area contributed by atoms with Gasteiger partial charge in [-0.1, -0.05) is 0 Å². The molecule has 2 N–H and O–H groups in total. The number of hydrogen-bond acceptors (Lipinski definition) is 4. The zero-order valence-electron chi connectivity index (χ0n) is 14.4. The molecule has 2 amide bonds. The lowest BCUT2D eigenvalue weighted by Gasteiger charge is -2.19. The predicted octanol–water partition coefficient (Wildman–Crippen LogP) is 3.08. The van der Waals surface area contributed by atoms with E-state index in [0.717, 1.165) is 0 Å². The number of benzene rings is 1. The zero-order chi connectivity index (χ0) is 18.8. The normalized spacial score (nSPS) is 11.1. The topological polar surface area (TPSA) is 88.4 Å². The third kappa shape index (κ3) is 4.76. The van der Waals surface area contributed by atoms with Gasteiger partial charge >= 0.3 is 0 Å². The number of halogens is 1. The van der Waals surface area contributed by atoms with Gasteiger partial charge in [-0.05, 0) is 52.0 Å². The first-order valence-corrected chi connectivity index (χ1v) is 7.61. The van der Waals surface area contributed by atoms with Crippen molar-refractivity contribution >= 4 is 23.3 Å². The maximum absolute atomic E-state index is 12.9. The number of furan rings is 1. The van der Waals surface area contributed by atoms with Gasteiger partial charge in [0.15, 0.2) is 5.76 Å². The summed E-state index contributed by atoms with van der Waals surface area (Å²) in [7, 11) is 0. The van der Waals surface area contributed by atoms with Crippen LogP contribution in [0.4, 0.5) is 10.1 Å². The standard InChI is InChI=1S/C18H19FN2O4/c1-10-13(16(23)20-12-7-5-11(19)6-8-12)9-14(25-10)15(22)17(24)21-18(2,3)4/h5-9H,1-4H3,(H,20,23)(H,21,24). The molecule has 25 heavy (non-hydrogen) atoms. The van der Waals surface area contributed by atoms with Gasteiger partial charge < -0.3 is 15.1 Å². The average molecular weight is 346 g/mol. The quantitative estimate of drug-likeness (QED) is 0.658. The van der Waals surface area contributed by atoms with Crippen molar-refractivity contribution in [1.29, 1.82) is 0 Å². The first-order valence-electron chi connectivity index (χ1n) is 7.61. The minimum Gasteiger partial charge on any atom is -0.457 e. The molecule has 0 fully saturated rings. The molecule has 0 atom stereocenters. The van der Waals surface area contributed by atoms with E-state index in [1.807, 2.05) is 0 Å². The molecule has 6 nitrogen and oxygen atoms in total. The van der Waals surface area contributed by atoms with Crippen LogP contribution in [-0.4, -0.2) is 23.1 Å². The lowest BCUT2D eigenvalue weighted by atomic mass is 10.1. The number of amides is 2. The molecule has 0 spiro atoms. The van der Waals surface area contributed by atoms with Crippen LogP contribution in [0.3, 0.4) is 0 Å². The second-order valence-electron chi connectivity index (χ2n) is 6.57. The van der Waals surface area contributed by atoms with Crippen LogP contribution in [0.15, 0.2) is 34.7 Å². The number of aryl methyl sites for hydroxylation is 1. The first-order chi connectivity index (χ1) is 11.6. The Labute approximate surface area is 144 Å². The number of ketones is 1. The Bertz CT molecular complexity index is 817. The Morgan fingerprint density at radius 3 is 2.24 bits per heavy atom. The molecular weight excluding hydrogens is 327 g/mol. The molecule has 2 aromatic rings. The zero-order valence-corrected chi connectivity index (χ0v) is 14.4. The van der Waals surface area contributed by atoms with Gasteiger partial charge in [0.05, 0.1) is 5.56 Å². The van der Waals surface area contributed by atoms with Crippen molar-refractivity contribution in [3.8, 4) is 0 Å². The van der Waals surface area contributed by atoms with E-state index in [1.54, 1.807) is 20.8 Å². The van der Waals surface area contributed by atoms with Crippen molar-refractivity contribution in [2.24, 2.45) is 0 Å². The monoisotopic (exact) mass is 346 g/mol. The summed E-state index contributed by atoms with van der Waals surface area (Å²) in [5.74, 6) is -2.64. The number of carbonyl (C=O) groups excluding carboxylic acids is 3. The Morgan fingerprint density at radius 2 is 1.68 bits per heavy atom. The molecule has 0 aliphatic carbocycles. The molecule has 1 aromatic heterocycles. The van der Waals surface area contributed by atoms with Crippen molar-refractivity contribution < 1.29 is 23.2 Å². The summed E-state index contributed by atoms with van der Waals surface area (Å²) in [6, 6.07) is 6.46. The number of Topliss-reactive ketones (excluding diaryl/α,β-unsaturated/α-hetero) is 1. The highest BCUT2D eigenvalue weighted by atomic mass is 19.1. The highest BCUT2D eigenvalue weighted by Crippen LogP contribution is 2.18. The van der Waals surface area contributed by atoms with E-state index in [0.29, 0.717) is 5.69 Å². The molecule has 1 heterocycles. The molecule has 0 radical (unpaired) electrons. The molecule has 132 valence electrons. The van der Waals surface area contributed by atoms with Gasteiger partial charge in [0.1, 0.15) is 11.6 Å². The first kappa shape index (κ1) is 18.4. The lowest BCUT2D eigenvalue weighted by molar-refractivity contribution is -0.118. The van der Waals surface area contributed by atoms with Gasteiger partial charge in [0.25, 0.3) is 17.6 Å². The molecule has 2 rings (SSSR count). The van der Waals surface area contributed by atoms with Gasteiger partial charge in [0, 0.05) is 17.3 Å². The van der Waals surface area contributed by atoms with Gasteiger partial charge in [-0.2, -0.15) is 0 Å². The number of nitrogens with one attached hydrogen (secondary N) is 2. The van der Waals surface area contributed by atoms with E-state index in [1.165, 1.54) is 37.3 Å². The summed E-state index contributed by atoms with van der Waals surface area (Å²) >= 11 is 0. The van der Waals surface area contributed by atoms with Gasteiger partial charge in [-0.15, -0.1) is 0 Å². The molecule has 0 unspecified atom stereocenters. The van der Waals surface area contributed by atoms with E-state index >= 15 is 0 Å². The Balaban J connectivity index is 2.16. The maximum atomic E-state index is 12.9. The SMILES string of the molecule is Cc1oc(C(=O)C(=O)NC(C)(C)C)cc1C(=O)Nc1ccc(F)cc1. The minimum absolute atomic E-state index is 0.122. The molecule has 0 aliphatic heterocycles. The fourth-order valence-corrected chi connectivity index (χ4v) is 2.06. The lowest BCUT2D eigenvalue weighted by Crippen LogP contribution is -2.44. The summed E-state index contributed by atoms with van der Waals surface area (Å²) in [4.78, 5) is 36.3. The van der Waals surface area contributed by atoms with Crippen LogP contribution in [0.1, 0.15) is 47.4 Å². The van der Waals surface area contributed by atoms with Crippen LogP contribution in [0.25, 0.3) is 0 Å². The number of rotatable bonds is 4. The highest BCUT2D eigenvalue weighted by molar-refractivity contribution is 6.42. The van der Waals surface area contributed by atoms with E-state index < -0.39 is 29.0 Å². The van der Waals surface area contributed by atoms with Crippen LogP contribution >= 0.6 is 0 Å². The van der Waals surface area contributed by atoms with Crippen molar-refractivity contribution in [2.45, 2.75) is 33.2 Å². The summed E-state index contributed by atoms with van der Waals surface area (Å²) in [5.41, 5.74) is -0.0569. The Hall–Kier alpha value is -2.96. The van der Waals surface area contributed by atoms with E-state index in [-0.39, 0.29) is 17.1 Å². The van der Waals surface area contributed by atoms with Crippen LogP contribution in [0.2, 0.25) is 0 Å². The molecule has 7 heteroatoms. The van der Waals surface area contributed by atoms with Crippen molar-refractivity contribution in [1.82, 2.24) is 5.32 Å². The van der Waals surface area contributed by atoms with Gasteiger partial charge in [-0.25, -0.2) is 4.39 Å². The van der Waals surface area contributed by atoms with E-state index in [2.05, 4.69) is 10.6 Å². The second-order valence-corrected chi connectivity index (χ2v) is 6.57. The average Bonchev–Trinajstić information content (AvgIpc) is 2.89. The predicted molar refractivity (Wildman–Crippen MR) is 90.0 cm³/mol. The van der Waals surface area contributed by atoms with Crippen molar-refractivity contribution in [2.75, 3.05) is 5.32 Å². The third-order valence-electron chi connectivity index (χ3n) is 3.18. The second kappa shape index (κ2) is 6.88. The summed E-state index contributed by atoms with van der Waals surface area (Å²) in [5, 5.41) is 5.10. The largest absolute Gasteiger partial charge is 0.457 e. The van der Waals surface area contributed by atoms with E-state index in [4.69, 9.17) is 4.42 Å². The third-order valence-corrected chi connectivity index (χ3v) is 3.18. The highest BCUT2D eigenvalue weighted by Gasteiger charge is 2.26. The number of anilines is 1. The maximum Gasteiger partial charge on any atom is 0.296 e. The van der Waals surface area contributed by atoms with Crippen LogP contribution in [0.5, 0.6) is 0 Å². The minimum atomic E-state index is -0.862. The summed E-state index contributed by atoms with van der Waals surface area (Å²) < 4.78 is 18.2. The summed E-state index contributed by atoms with van der Waals surface area (Å²) in [6.07, 6.45) is 0. The number of carbonyl (C=O) groups is 3. The fraction of sp³-hybridized carbons (Fsp3) is 0.278. The smallest absolute Gasteiger partial charge is 0.296 e.